The molecule has 0 bridgehead atoms. The predicted octanol–water partition coefficient (Wildman–Crippen LogP) is 3.86. The summed E-state index contributed by atoms with van der Waals surface area (Å²) in [5.41, 5.74) is 1.44. The number of carbonyl (C=O) groups excluding carboxylic acids is 4. The fourth-order valence-electron chi connectivity index (χ4n) is 3.08. The Morgan fingerprint density at radius 3 is 1.44 bits per heavy atom. The van der Waals surface area contributed by atoms with E-state index in [4.69, 9.17) is 18.9 Å². The van der Waals surface area contributed by atoms with E-state index < -0.39 is 17.9 Å². The Kier molecular flexibility index (Phi) is 8.48. The van der Waals surface area contributed by atoms with Gasteiger partial charge in [-0.3, -0.25) is 4.79 Å². The molecule has 176 valence electrons. The first-order chi connectivity index (χ1) is 16.4. The minimum Gasteiger partial charge on any atom is -0.460 e. The summed E-state index contributed by atoms with van der Waals surface area (Å²) >= 11 is 0. The van der Waals surface area contributed by atoms with Gasteiger partial charge in [0.1, 0.15) is 19.8 Å². The average molecular weight is 464 g/mol. The highest BCUT2D eigenvalue weighted by molar-refractivity contribution is 5.99. The third-order valence-corrected chi connectivity index (χ3v) is 4.91. The first-order valence-corrected chi connectivity index (χ1v) is 10.5. The maximum absolute atomic E-state index is 12.4. The van der Waals surface area contributed by atoms with Crippen molar-refractivity contribution in [2.24, 2.45) is 0 Å². The fraction of sp³-hybridized carbons (Fsp3) is 0.231. The second-order valence-corrected chi connectivity index (χ2v) is 7.31. The summed E-state index contributed by atoms with van der Waals surface area (Å²) in [6.07, 6.45) is 0. The van der Waals surface area contributed by atoms with Crippen LogP contribution in [0.2, 0.25) is 0 Å². The minimum absolute atomic E-state index is 0.0984. The molecule has 8 nitrogen and oxygen atoms in total. The number of carbonyl (C=O) groups is 4. The smallest absolute Gasteiger partial charge is 0.338 e. The van der Waals surface area contributed by atoms with Gasteiger partial charge in [-0.05, 0) is 54.1 Å². The quantitative estimate of drug-likeness (QED) is 0.193. The number of ether oxygens (including phenoxy) is 4. The van der Waals surface area contributed by atoms with Crippen molar-refractivity contribution in [1.82, 2.24) is 0 Å². The Morgan fingerprint density at radius 1 is 0.559 bits per heavy atom. The SMILES string of the molecule is COCCOC(=O)c1ccc2ccc(C(=O)OCCOC(=O)c3ccc(C(C)=O)cc3)cc2c1. The van der Waals surface area contributed by atoms with Crippen molar-refractivity contribution >= 4 is 34.5 Å². The molecule has 0 aliphatic rings. The van der Waals surface area contributed by atoms with Crippen molar-refractivity contribution in [1.29, 1.82) is 0 Å². The summed E-state index contributed by atoms with van der Waals surface area (Å²) in [5, 5.41) is 1.52. The fourth-order valence-corrected chi connectivity index (χ4v) is 3.08. The van der Waals surface area contributed by atoms with Crippen LogP contribution in [0.4, 0.5) is 0 Å². The van der Waals surface area contributed by atoms with E-state index in [1.54, 1.807) is 48.5 Å². The van der Waals surface area contributed by atoms with E-state index in [0.29, 0.717) is 34.2 Å². The van der Waals surface area contributed by atoms with Gasteiger partial charge in [-0.15, -0.1) is 0 Å². The van der Waals surface area contributed by atoms with Gasteiger partial charge < -0.3 is 18.9 Å². The number of methoxy groups -OCH3 is 1. The van der Waals surface area contributed by atoms with E-state index in [2.05, 4.69) is 0 Å². The number of hydrogen-bond donors (Lipinski definition) is 0. The van der Waals surface area contributed by atoms with Gasteiger partial charge in [0.2, 0.25) is 0 Å². The molecule has 0 aromatic heterocycles. The summed E-state index contributed by atoms with van der Waals surface area (Å²) in [6.45, 7) is 1.64. The number of hydrogen-bond acceptors (Lipinski definition) is 8. The highest BCUT2D eigenvalue weighted by atomic mass is 16.6. The molecule has 0 unspecified atom stereocenters. The predicted molar refractivity (Wildman–Crippen MR) is 123 cm³/mol. The summed E-state index contributed by atoms with van der Waals surface area (Å²) in [4.78, 5) is 47.9. The van der Waals surface area contributed by atoms with Crippen LogP contribution in [0, 0.1) is 0 Å². The molecule has 0 saturated heterocycles. The van der Waals surface area contributed by atoms with Crippen LogP contribution < -0.4 is 0 Å². The summed E-state index contributed by atoms with van der Waals surface area (Å²) in [5.74, 6) is -1.75. The average Bonchev–Trinajstić information content (AvgIpc) is 2.85. The van der Waals surface area contributed by atoms with Gasteiger partial charge in [-0.1, -0.05) is 24.3 Å². The van der Waals surface area contributed by atoms with E-state index in [1.165, 1.54) is 26.2 Å². The number of fused-ring (bicyclic) bond motifs is 1. The van der Waals surface area contributed by atoms with Gasteiger partial charge >= 0.3 is 17.9 Å². The molecule has 0 spiro atoms. The largest absolute Gasteiger partial charge is 0.460 e. The zero-order valence-corrected chi connectivity index (χ0v) is 18.9. The second kappa shape index (κ2) is 11.7. The van der Waals surface area contributed by atoms with Crippen molar-refractivity contribution in [2.75, 3.05) is 33.5 Å². The Balaban J connectivity index is 1.54. The topological polar surface area (TPSA) is 105 Å². The Labute approximate surface area is 196 Å². The zero-order valence-electron chi connectivity index (χ0n) is 18.9. The minimum atomic E-state index is -0.586. The van der Waals surface area contributed by atoms with Crippen LogP contribution in [0.15, 0.2) is 60.7 Å². The molecule has 0 saturated carbocycles. The number of esters is 3. The number of rotatable bonds is 10. The van der Waals surface area contributed by atoms with Crippen LogP contribution >= 0.6 is 0 Å². The Hall–Kier alpha value is -4.04. The van der Waals surface area contributed by atoms with Crippen molar-refractivity contribution < 1.29 is 38.1 Å². The van der Waals surface area contributed by atoms with Gasteiger partial charge in [-0.2, -0.15) is 0 Å². The standard InChI is InChI=1S/C26H24O8/c1-17(27)18-3-7-20(8-4-18)24(28)33-13-14-34-26(30)22-10-6-19-5-9-21(15-23(19)16-22)25(29)32-12-11-31-2/h3-10,15-16H,11-14H2,1-2H3. The molecule has 3 aromatic carbocycles. The molecular weight excluding hydrogens is 440 g/mol. The van der Waals surface area contributed by atoms with E-state index in [0.717, 1.165) is 5.39 Å². The molecule has 3 rings (SSSR count). The van der Waals surface area contributed by atoms with Crippen LogP contribution in [-0.2, 0) is 18.9 Å². The molecule has 0 N–H and O–H groups in total. The molecular formula is C26H24O8. The van der Waals surface area contributed by atoms with E-state index in [9.17, 15) is 19.2 Å². The molecule has 0 heterocycles. The first kappa shape index (κ1) is 24.6. The maximum Gasteiger partial charge on any atom is 0.338 e. The summed E-state index contributed by atoms with van der Waals surface area (Å²) in [7, 11) is 1.52. The molecule has 0 fully saturated rings. The van der Waals surface area contributed by atoms with Gasteiger partial charge in [0, 0.05) is 12.7 Å². The Bertz CT molecular complexity index is 1200. The molecule has 0 atom stereocenters. The van der Waals surface area contributed by atoms with Crippen molar-refractivity contribution in [3.05, 3.63) is 82.9 Å². The van der Waals surface area contributed by atoms with Gasteiger partial charge in [0.15, 0.2) is 5.78 Å². The summed E-state index contributed by atoms with van der Waals surface area (Å²) in [6, 6.07) is 16.1. The molecule has 34 heavy (non-hydrogen) atoms. The van der Waals surface area contributed by atoms with Crippen molar-refractivity contribution in [2.45, 2.75) is 6.92 Å². The summed E-state index contributed by atoms with van der Waals surface area (Å²) < 4.78 is 20.3. The van der Waals surface area contributed by atoms with E-state index >= 15 is 0 Å². The van der Waals surface area contributed by atoms with Crippen LogP contribution in [0.5, 0.6) is 0 Å². The molecule has 8 heteroatoms. The third kappa shape index (κ3) is 6.49. The number of ketones is 1. The van der Waals surface area contributed by atoms with Crippen LogP contribution in [0.1, 0.15) is 48.4 Å². The lowest BCUT2D eigenvalue weighted by Gasteiger charge is -2.08. The molecule has 0 aliphatic heterocycles. The highest BCUT2D eigenvalue weighted by Crippen LogP contribution is 2.19. The lowest BCUT2D eigenvalue weighted by Crippen LogP contribution is -2.14. The maximum atomic E-state index is 12.4. The molecule has 0 amide bonds. The third-order valence-electron chi connectivity index (χ3n) is 4.91. The van der Waals surface area contributed by atoms with Crippen molar-refractivity contribution in [3.63, 3.8) is 0 Å². The Morgan fingerprint density at radius 2 is 0.971 bits per heavy atom. The van der Waals surface area contributed by atoms with Crippen molar-refractivity contribution in [3.8, 4) is 0 Å². The van der Waals surface area contributed by atoms with Crippen LogP contribution in [-0.4, -0.2) is 57.2 Å². The van der Waals surface area contributed by atoms with Gasteiger partial charge in [-0.25, -0.2) is 14.4 Å². The highest BCUT2D eigenvalue weighted by Gasteiger charge is 2.12. The van der Waals surface area contributed by atoms with E-state index in [1.807, 2.05) is 0 Å². The number of benzene rings is 3. The molecule has 3 aromatic rings. The molecule has 0 aliphatic carbocycles. The monoisotopic (exact) mass is 464 g/mol. The van der Waals surface area contributed by atoms with E-state index in [-0.39, 0.29) is 25.6 Å². The zero-order chi connectivity index (χ0) is 24.5. The molecule has 0 radical (unpaired) electrons. The van der Waals surface area contributed by atoms with Crippen LogP contribution in [0.3, 0.4) is 0 Å². The number of Topliss-reactive ketones (excluding diaryl/α,β-unsaturated/α-hetero) is 1. The van der Waals surface area contributed by atoms with Crippen LogP contribution in [0.25, 0.3) is 10.8 Å². The van der Waals surface area contributed by atoms with Gasteiger partial charge in [0.05, 0.1) is 23.3 Å². The lowest BCUT2D eigenvalue weighted by molar-refractivity contribution is 0.0266. The van der Waals surface area contributed by atoms with Gasteiger partial charge in [0.25, 0.3) is 0 Å². The first-order valence-electron chi connectivity index (χ1n) is 10.5. The second-order valence-electron chi connectivity index (χ2n) is 7.31. The normalized spacial score (nSPS) is 10.5. The lowest BCUT2D eigenvalue weighted by atomic mass is 10.0.